The molecule has 0 saturated heterocycles. The van der Waals surface area contributed by atoms with Crippen LogP contribution in [0.5, 0.6) is 0 Å². The lowest BCUT2D eigenvalue weighted by Gasteiger charge is -2.15. The summed E-state index contributed by atoms with van der Waals surface area (Å²) in [6.07, 6.45) is 6.76. The molecule has 1 aromatic heterocycles. The number of benzene rings is 2. The topological polar surface area (TPSA) is 87.2 Å². The van der Waals surface area contributed by atoms with E-state index in [1.165, 1.54) is 6.21 Å². The average molecular weight is 339 g/mol. The fraction of sp³-hybridized carbons (Fsp3) is 0. The fourth-order valence-electron chi connectivity index (χ4n) is 2.94. The molecule has 0 radical (unpaired) electrons. The van der Waals surface area contributed by atoms with Gasteiger partial charge in [0.1, 0.15) is 5.82 Å². The van der Waals surface area contributed by atoms with E-state index in [9.17, 15) is 0 Å². The van der Waals surface area contributed by atoms with Gasteiger partial charge >= 0.3 is 0 Å². The van der Waals surface area contributed by atoms with E-state index < -0.39 is 0 Å². The van der Waals surface area contributed by atoms with Crippen molar-refractivity contribution in [3.05, 3.63) is 83.9 Å². The van der Waals surface area contributed by atoms with Crippen molar-refractivity contribution >= 4 is 40.2 Å². The normalized spacial score (nSPS) is 15.3. The highest BCUT2D eigenvalue weighted by molar-refractivity contribution is 6.16. The third kappa shape index (κ3) is 2.86. The summed E-state index contributed by atoms with van der Waals surface area (Å²) >= 11 is 0. The monoisotopic (exact) mass is 339 g/mol. The summed E-state index contributed by atoms with van der Waals surface area (Å²) < 4.78 is 0. The second-order valence-electron chi connectivity index (χ2n) is 5.91. The van der Waals surface area contributed by atoms with Crippen molar-refractivity contribution < 1.29 is 0 Å². The first-order valence-electron chi connectivity index (χ1n) is 8.22. The highest BCUT2D eigenvalue weighted by Crippen LogP contribution is 2.26. The van der Waals surface area contributed by atoms with E-state index in [-0.39, 0.29) is 0 Å². The summed E-state index contributed by atoms with van der Waals surface area (Å²) in [4.78, 5) is 8.92. The van der Waals surface area contributed by atoms with E-state index in [4.69, 9.17) is 11.1 Å². The summed E-state index contributed by atoms with van der Waals surface area (Å²) in [7, 11) is 0. The number of allylic oxidation sites excluding steroid dienone is 2. The number of pyridine rings is 1. The maximum Gasteiger partial charge on any atom is 0.139 e. The molecule has 3 aromatic rings. The zero-order chi connectivity index (χ0) is 17.9. The van der Waals surface area contributed by atoms with Crippen molar-refractivity contribution in [3.63, 3.8) is 0 Å². The number of hydrogen-bond donors (Lipinski definition) is 3. The Kier molecular flexibility index (Phi) is 4.03. The van der Waals surface area contributed by atoms with Gasteiger partial charge in [-0.15, -0.1) is 0 Å². The van der Waals surface area contributed by atoms with E-state index in [0.717, 1.165) is 33.3 Å². The molecule has 5 nitrogen and oxygen atoms in total. The Morgan fingerprint density at radius 1 is 1.04 bits per heavy atom. The number of hydrogen-bond acceptors (Lipinski definition) is 5. The van der Waals surface area contributed by atoms with Crippen LogP contribution in [0, 0.1) is 5.41 Å². The number of aliphatic imine (C=N–C) groups is 1. The van der Waals surface area contributed by atoms with Crippen LogP contribution in [-0.2, 0) is 0 Å². The number of anilines is 1. The van der Waals surface area contributed by atoms with Crippen molar-refractivity contribution in [2.24, 2.45) is 4.99 Å². The number of para-hydroxylation sites is 1. The fourth-order valence-corrected chi connectivity index (χ4v) is 2.94. The Morgan fingerprint density at radius 3 is 2.58 bits per heavy atom. The lowest BCUT2D eigenvalue weighted by Crippen LogP contribution is -2.13. The van der Waals surface area contributed by atoms with Crippen LogP contribution in [0.15, 0.2) is 77.8 Å². The lowest BCUT2D eigenvalue weighted by atomic mass is 10.0. The standard InChI is InChI=1S/C21H17N5/c22-11-19(17-9-10-24-20-4-2-1-3-18(17)20)21-25-12-15(13-26-21)14-5-7-16(23)8-6-14/h1-13,22,25H,23H2/b21-19-,22-11?. The minimum absolute atomic E-state index is 0.635. The van der Waals surface area contributed by atoms with Gasteiger partial charge in [0.2, 0.25) is 0 Å². The maximum atomic E-state index is 7.90. The third-order valence-corrected chi connectivity index (χ3v) is 4.28. The van der Waals surface area contributed by atoms with Crippen molar-refractivity contribution in [1.82, 2.24) is 10.3 Å². The zero-order valence-corrected chi connectivity index (χ0v) is 14.0. The molecule has 0 saturated carbocycles. The van der Waals surface area contributed by atoms with Gasteiger partial charge in [0, 0.05) is 47.0 Å². The molecule has 0 amide bonds. The smallest absolute Gasteiger partial charge is 0.139 e. The Morgan fingerprint density at radius 2 is 1.85 bits per heavy atom. The van der Waals surface area contributed by atoms with Crippen LogP contribution >= 0.6 is 0 Å². The Balaban J connectivity index is 1.73. The number of nitrogens with two attached hydrogens (primary N) is 1. The Hall–Kier alpha value is -3.73. The molecule has 1 aliphatic heterocycles. The first-order valence-corrected chi connectivity index (χ1v) is 8.22. The Bertz CT molecular complexity index is 1070. The van der Waals surface area contributed by atoms with Gasteiger partial charge in [0.15, 0.2) is 0 Å². The number of nitrogen functional groups attached to an aromatic ring is 1. The molecule has 126 valence electrons. The molecule has 0 spiro atoms. The van der Waals surface area contributed by atoms with Crippen LogP contribution in [-0.4, -0.2) is 17.4 Å². The van der Waals surface area contributed by atoms with Crippen LogP contribution in [0.3, 0.4) is 0 Å². The van der Waals surface area contributed by atoms with Gasteiger partial charge < -0.3 is 16.5 Å². The first kappa shape index (κ1) is 15.8. The van der Waals surface area contributed by atoms with Crippen LogP contribution in [0.25, 0.3) is 22.0 Å². The van der Waals surface area contributed by atoms with Crippen molar-refractivity contribution in [3.8, 4) is 0 Å². The molecule has 2 aromatic carbocycles. The molecular weight excluding hydrogens is 322 g/mol. The highest BCUT2D eigenvalue weighted by Gasteiger charge is 2.13. The summed E-state index contributed by atoms with van der Waals surface area (Å²) in [5, 5.41) is 12.1. The van der Waals surface area contributed by atoms with E-state index in [0.29, 0.717) is 11.4 Å². The van der Waals surface area contributed by atoms with Gasteiger partial charge in [-0.1, -0.05) is 30.3 Å². The predicted octanol–water partition coefficient (Wildman–Crippen LogP) is 3.85. The minimum atomic E-state index is 0.635. The first-order chi connectivity index (χ1) is 12.8. The van der Waals surface area contributed by atoms with Crippen LogP contribution in [0.4, 0.5) is 5.69 Å². The second-order valence-corrected chi connectivity index (χ2v) is 5.91. The largest absolute Gasteiger partial charge is 0.399 e. The molecule has 1 aliphatic rings. The zero-order valence-electron chi connectivity index (χ0n) is 14.0. The van der Waals surface area contributed by atoms with E-state index in [1.807, 2.05) is 60.8 Å². The van der Waals surface area contributed by atoms with Gasteiger partial charge in [-0.05, 0) is 35.4 Å². The quantitative estimate of drug-likeness (QED) is 0.500. The molecule has 0 fully saturated rings. The summed E-state index contributed by atoms with van der Waals surface area (Å²) in [5.74, 6) is 0.635. The predicted molar refractivity (Wildman–Crippen MR) is 108 cm³/mol. The molecular formula is C21H17N5. The second kappa shape index (κ2) is 6.64. The van der Waals surface area contributed by atoms with Crippen LogP contribution < -0.4 is 11.1 Å². The molecule has 0 bridgehead atoms. The summed E-state index contributed by atoms with van der Waals surface area (Å²) in [6.45, 7) is 0. The van der Waals surface area contributed by atoms with E-state index in [2.05, 4.69) is 15.3 Å². The van der Waals surface area contributed by atoms with Crippen molar-refractivity contribution in [2.75, 3.05) is 5.73 Å². The number of rotatable bonds is 3. The average Bonchev–Trinajstić information content (AvgIpc) is 2.70. The molecule has 5 heteroatoms. The van der Waals surface area contributed by atoms with Crippen molar-refractivity contribution in [1.29, 1.82) is 5.41 Å². The van der Waals surface area contributed by atoms with E-state index >= 15 is 0 Å². The van der Waals surface area contributed by atoms with Crippen molar-refractivity contribution in [2.45, 2.75) is 0 Å². The molecule has 2 heterocycles. The molecule has 0 unspecified atom stereocenters. The highest BCUT2D eigenvalue weighted by atomic mass is 15.0. The van der Waals surface area contributed by atoms with E-state index in [1.54, 1.807) is 12.4 Å². The van der Waals surface area contributed by atoms with Gasteiger partial charge in [-0.3, -0.25) is 4.98 Å². The van der Waals surface area contributed by atoms with Crippen LogP contribution in [0.1, 0.15) is 11.1 Å². The van der Waals surface area contributed by atoms with Gasteiger partial charge in [-0.25, -0.2) is 4.99 Å². The van der Waals surface area contributed by atoms with Gasteiger partial charge in [-0.2, -0.15) is 0 Å². The number of nitrogens with zero attached hydrogens (tertiary/aromatic N) is 2. The molecule has 0 aliphatic carbocycles. The SMILES string of the molecule is N=C/C(=C1/N=CC(c2ccc(N)cc2)=CN1)c1ccnc2ccccc12. The van der Waals surface area contributed by atoms with Gasteiger partial charge in [0.05, 0.1) is 5.52 Å². The Labute approximate surface area is 151 Å². The number of aromatic nitrogens is 1. The third-order valence-electron chi connectivity index (χ3n) is 4.28. The number of nitrogens with one attached hydrogen (secondary N) is 2. The van der Waals surface area contributed by atoms with Crippen LogP contribution in [0.2, 0.25) is 0 Å². The minimum Gasteiger partial charge on any atom is -0.399 e. The molecule has 26 heavy (non-hydrogen) atoms. The summed E-state index contributed by atoms with van der Waals surface area (Å²) in [5.41, 5.74) is 11.0. The molecule has 4 N–H and O–H groups in total. The maximum absolute atomic E-state index is 7.90. The molecule has 0 atom stereocenters. The van der Waals surface area contributed by atoms with Gasteiger partial charge in [0.25, 0.3) is 0 Å². The number of fused-ring (bicyclic) bond motifs is 1. The lowest BCUT2D eigenvalue weighted by molar-refractivity contribution is 1.03. The summed E-state index contributed by atoms with van der Waals surface area (Å²) in [6, 6.07) is 17.4. The molecule has 4 rings (SSSR count).